The molecule has 5 rings (SSSR count). The minimum absolute atomic E-state index is 0.0914. The van der Waals surface area contributed by atoms with Crippen LogP contribution in [0.15, 0.2) is 73.2 Å². The number of nitrogens with one attached hydrogen (secondary N) is 1. The van der Waals surface area contributed by atoms with Crippen molar-refractivity contribution in [2.75, 3.05) is 6.79 Å². The molecule has 1 aliphatic rings. The number of hydrogen-bond donors (Lipinski definition) is 1. The molecule has 4 aromatic rings. The van der Waals surface area contributed by atoms with Gasteiger partial charge in [-0.1, -0.05) is 29.8 Å². The lowest BCUT2D eigenvalue weighted by molar-refractivity contribution is 0.0950. The molecule has 0 saturated heterocycles. The maximum atomic E-state index is 12.8. The fourth-order valence-electron chi connectivity index (χ4n) is 3.38. The van der Waals surface area contributed by atoms with Gasteiger partial charge < -0.3 is 14.8 Å². The smallest absolute Gasteiger partial charge is 0.251 e. The number of carbonyl (C=O) groups excluding carboxylic acids is 1. The van der Waals surface area contributed by atoms with E-state index in [9.17, 15) is 4.79 Å². The zero-order valence-electron chi connectivity index (χ0n) is 16.3. The summed E-state index contributed by atoms with van der Waals surface area (Å²) in [4.78, 5) is 16.9. The number of halogens is 1. The topological polar surface area (TPSA) is 78.3 Å². The second-order valence-electron chi connectivity index (χ2n) is 6.89. The lowest BCUT2D eigenvalue weighted by atomic mass is 10.1. The van der Waals surface area contributed by atoms with Crippen molar-refractivity contribution in [3.63, 3.8) is 0 Å². The van der Waals surface area contributed by atoms with Gasteiger partial charge in [-0.15, -0.1) is 0 Å². The molecule has 154 valence electrons. The van der Waals surface area contributed by atoms with Crippen molar-refractivity contribution in [1.82, 2.24) is 20.1 Å². The molecule has 31 heavy (non-hydrogen) atoms. The summed E-state index contributed by atoms with van der Waals surface area (Å²) in [7, 11) is 0. The first-order valence-electron chi connectivity index (χ1n) is 9.61. The van der Waals surface area contributed by atoms with Crippen molar-refractivity contribution in [3.05, 3.63) is 89.3 Å². The summed E-state index contributed by atoms with van der Waals surface area (Å²) in [5.74, 6) is 0.655. The van der Waals surface area contributed by atoms with Gasteiger partial charge in [-0.3, -0.25) is 9.78 Å². The standard InChI is InChI=1S/C23H17ClN4O3/c24-19-10-16(11-20-22(19)31-14-30-20)23(29)26-12-17-13-28(18-4-2-1-3-5-18)27-21(17)15-6-8-25-9-7-15/h1-11,13H,12,14H2,(H,26,29). The zero-order chi connectivity index (χ0) is 21.2. The second kappa shape index (κ2) is 8.12. The van der Waals surface area contributed by atoms with Crippen LogP contribution in [0, 0.1) is 0 Å². The van der Waals surface area contributed by atoms with Gasteiger partial charge in [0, 0.05) is 41.8 Å². The van der Waals surface area contributed by atoms with E-state index in [1.54, 1.807) is 29.2 Å². The van der Waals surface area contributed by atoms with Crippen molar-refractivity contribution in [2.45, 2.75) is 6.54 Å². The van der Waals surface area contributed by atoms with E-state index in [0.717, 1.165) is 22.5 Å². The number of aromatic nitrogens is 3. The summed E-state index contributed by atoms with van der Waals surface area (Å²) in [5.41, 5.74) is 3.89. The number of nitrogens with zero attached hydrogens (tertiary/aromatic N) is 3. The highest BCUT2D eigenvalue weighted by molar-refractivity contribution is 6.32. The molecule has 0 radical (unpaired) electrons. The number of para-hydroxylation sites is 1. The largest absolute Gasteiger partial charge is 0.454 e. The predicted octanol–water partition coefficient (Wildman–Crippen LogP) is 4.25. The second-order valence-corrected chi connectivity index (χ2v) is 7.30. The van der Waals surface area contributed by atoms with Crippen LogP contribution >= 0.6 is 11.6 Å². The Kier molecular flexibility index (Phi) is 5.01. The van der Waals surface area contributed by atoms with E-state index in [2.05, 4.69) is 10.3 Å². The molecule has 0 aliphatic carbocycles. The Morgan fingerprint density at radius 1 is 1.10 bits per heavy atom. The van der Waals surface area contributed by atoms with E-state index in [4.69, 9.17) is 26.2 Å². The van der Waals surface area contributed by atoms with E-state index >= 15 is 0 Å². The van der Waals surface area contributed by atoms with Crippen molar-refractivity contribution in [1.29, 1.82) is 0 Å². The van der Waals surface area contributed by atoms with Crippen molar-refractivity contribution >= 4 is 17.5 Å². The molecule has 0 atom stereocenters. The van der Waals surface area contributed by atoms with Gasteiger partial charge in [-0.25, -0.2) is 4.68 Å². The van der Waals surface area contributed by atoms with Crippen molar-refractivity contribution in [3.8, 4) is 28.4 Å². The highest BCUT2D eigenvalue weighted by atomic mass is 35.5. The number of ether oxygens (including phenoxy) is 2. The summed E-state index contributed by atoms with van der Waals surface area (Å²) in [6.07, 6.45) is 5.35. The summed E-state index contributed by atoms with van der Waals surface area (Å²) in [6, 6.07) is 16.8. The first-order chi connectivity index (χ1) is 15.2. The Morgan fingerprint density at radius 3 is 2.71 bits per heavy atom. The zero-order valence-corrected chi connectivity index (χ0v) is 17.0. The Hall–Kier alpha value is -3.84. The predicted molar refractivity (Wildman–Crippen MR) is 116 cm³/mol. The van der Waals surface area contributed by atoms with Gasteiger partial charge in [0.05, 0.1) is 16.4 Å². The van der Waals surface area contributed by atoms with Crippen LogP contribution in [-0.4, -0.2) is 27.5 Å². The van der Waals surface area contributed by atoms with E-state index < -0.39 is 0 Å². The van der Waals surface area contributed by atoms with Gasteiger partial charge in [0.15, 0.2) is 11.5 Å². The molecule has 0 unspecified atom stereocenters. The first kappa shape index (κ1) is 19.1. The first-order valence-corrected chi connectivity index (χ1v) is 9.98. The van der Waals surface area contributed by atoms with Crippen LogP contribution in [0.2, 0.25) is 5.02 Å². The van der Waals surface area contributed by atoms with Crippen LogP contribution < -0.4 is 14.8 Å². The molecule has 0 spiro atoms. The van der Waals surface area contributed by atoms with E-state index in [1.807, 2.05) is 48.7 Å². The van der Waals surface area contributed by atoms with Crippen LogP contribution in [0.3, 0.4) is 0 Å². The molecular weight excluding hydrogens is 416 g/mol. The monoisotopic (exact) mass is 432 g/mol. The molecule has 8 heteroatoms. The number of rotatable bonds is 5. The third-order valence-electron chi connectivity index (χ3n) is 4.89. The van der Waals surface area contributed by atoms with E-state index in [-0.39, 0.29) is 19.2 Å². The van der Waals surface area contributed by atoms with Crippen LogP contribution in [0.5, 0.6) is 11.5 Å². The van der Waals surface area contributed by atoms with Crippen LogP contribution in [0.25, 0.3) is 16.9 Å². The number of hydrogen-bond acceptors (Lipinski definition) is 5. The fraction of sp³-hybridized carbons (Fsp3) is 0.0870. The lowest BCUT2D eigenvalue weighted by Crippen LogP contribution is -2.22. The van der Waals surface area contributed by atoms with Crippen LogP contribution in [0.1, 0.15) is 15.9 Å². The molecule has 7 nitrogen and oxygen atoms in total. The molecule has 1 aliphatic heterocycles. The number of carbonyl (C=O) groups is 1. The highest BCUT2D eigenvalue weighted by Gasteiger charge is 2.21. The number of fused-ring (bicyclic) bond motifs is 1. The fourth-order valence-corrected chi connectivity index (χ4v) is 3.65. The molecule has 2 aromatic carbocycles. The van der Waals surface area contributed by atoms with Gasteiger partial charge in [-0.2, -0.15) is 5.10 Å². The summed E-state index contributed by atoms with van der Waals surface area (Å²) in [6.45, 7) is 0.378. The average Bonchev–Trinajstić information content (AvgIpc) is 3.46. The average molecular weight is 433 g/mol. The quantitative estimate of drug-likeness (QED) is 0.510. The minimum atomic E-state index is -0.270. The molecule has 1 N–H and O–H groups in total. The lowest BCUT2D eigenvalue weighted by Gasteiger charge is -2.07. The van der Waals surface area contributed by atoms with E-state index in [0.29, 0.717) is 22.1 Å². The van der Waals surface area contributed by atoms with Gasteiger partial charge in [0.1, 0.15) is 0 Å². The molecule has 3 heterocycles. The molecule has 0 saturated carbocycles. The molecule has 0 fully saturated rings. The number of amides is 1. The normalized spacial score (nSPS) is 12.0. The summed E-state index contributed by atoms with van der Waals surface area (Å²) in [5, 5.41) is 8.03. The van der Waals surface area contributed by atoms with Gasteiger partial charge in [-0.05, 0) is 36.4 Å². The Balaban J connectivity index is 1.43. The molecule has 1 amide bonds. The van der Waals surface area contributed by atoms with Crippen molar-refractivity contribution in [2.24, 2.45) is 0 Å². The summed E-state index contributed by atoms with van der Waals surface area (Å²) >= 11 is 6.21. The molecule has 2 aromatic heterocycles. The maximum absolute atomic E-state index is 12.8. The SMILES string of the molecule is O=C(NCc1cn(-c2ccccc2)nc1-c1ccncc1)c1cc(Cl)c2c(c1)OCO2. The summed E-state index contributed by atoms with van der Waals surface area (Å²) < 4.78 is 12.5. The third-order valence-corrected chi connectivity index (χ3v) is 5.17. The van der Waals surface area contributed by atoms with Gasteiger partial charge in [0.2, 0.25) is 6.79 Å². The molecular formula is C23H17ClN4O3. The number of benzene rings is 2. The highest BCUT2D eigenvalue weighted by Crippen LogP contribution is 2.39. The Morgan fingerprint density at radius 2 is 1.90 bits per heavy atom. The third kappa shape index (κ3) is 3.83. The Labute approximate surface area is 183 Å². The van der Waals surface area contributed by atoms with Crippen molar-refractivity contribution < 1.29 is 14.3 Å². The minimum Gasteiger partial charge on any atom is -0.454 e. The van der Waals surface area contributed by atoms with Crippen LogP contribution in [0.4, 0.5) is 0 Å². The number of pyridine rings is 1. The van der Waals surface area contributed by atoms with Gasteiger partial charge in [0.25, 0.3) is 5.91 Å². The van der Waals surface area contributed by atoms with Crippen LogP contribution in [-0.2, 0) is 6.54 Å². The molecule has 0 bridgehead atoms. The maximum Gasteiger partial charge on any atom is 0.251 e. The van der Waals surface area contributed by atoms with Gasteiger partial charge >= 0.3 is 0 Å². The van der Waals surface area contributed by atoms with E-state index in [1.165, 1.54) is 0 Å². The Bertz CT molecular complexity index is 1240.